The van der Waals surface area contributed by atoms with Crippen LogP contribution in [0.3, 0.4) is 0 Å². The Morgan fingerprint density at radius 3 is 2.35 bits per heavy atom. The van der Waals surface area contributed by atoms with Crippen LogP contribution in [0.1, 0.15) is 25.7 Å². The highest BCUT2D eigenvalue weighted by Crippen LogP contribution is 2.68. The van der Waals surface area contributed by atoms with Crippen LogP contribution in [0.2, 0.25) is 0 Å². The van der Waals surface area contributed by atoms with E-state index in [1.54, 1.807) is 0 Å². The van der Waals surface area contributed by atoms with E-state index < -0.39 is 17.0 Å². The van der Waals surface area contributed by atoms with Gasteiger partial charge in [-0.25, -0.2) is 0 Å². The van der Waals surface area contributed by atoms with E-state index >= 15 is 0 Å². The highest BCUT2D eigenvalue weighted by atomic mass is 35.5. The Morgan fingerprint density at radius 1 is 1.29 bits per heavy atom. The maximum Gasteiger partial charge on any atom is 0.312 e. The molecule has 0 aromatic carbocycles. The van der Waals surface area contributed by atoms with Gasteiger partial charge in [0.1, 0.15) is 5.41 Å². The monoisotopic (exact) mass is 263 g/mol. The van der Waals surface area contributed by atoms with E-state index in [4.69, 9.17) is 15.2 Å². The lowest BCUT2D eigenvalue weighted by Crippen LogP contribution is -2.57. The summed E-state index contributed by atoms with van der Waals surface area (Å²) in [5.74, 6) is -0.726. The number of carboxylic acids is 1. The minimum atomic E-state index is -0.726. The van der Waals surface area contributed by atoms with Gasteiger partial charge in [-0.3, -0.25) is 4.79 Å². The molecule has 1 spiro atoms. The molecule has 3 aliphatic heterocycles. The second kappa shape index (κ2) is 3.82. The zero-order chi connectivity index (χ0) is 11.4. The third-order valence-corrected chi connectivity index (χ3v) is 4.61. The number of hydrogen-bond donors (Lipinski definition) is 2. The van der Waals surface area contributed by atoms with Gasteiger partial charge in [-0.2, -0.15) is 0 Å². The summed E-state index contributed by atoms with van der Waals surface area (Å²) in [4.78, 5) is 11.5. The smallest absolute Gasteiger partial charge is 0.312 e. The number of hydrogen-bond acceptors (Lipinski definition) is 4. The molecule has 0 amide bonds. The van der Waals surface area contributed by atoms with Gasteiger partial charge < -0.3 is 20.3 Å². The molecule has 3 heterocycles. The lowest BCUT2D eigenvalue weighted by atomic mass is 9.54. The number of ether oxygens (including phenoxy) is 2. The van der Waals surface area contributed by atoms with Crippen molar-refractivity contribution < 1.29 is 19.4 Å². The summed E-state index contributed by atoms with van der Waals surface area (Å²) >= 11 is 0. The quantitative estimate of drug-likeness (QED) is 0.760. The first-order valence-corrected chi connectivity index (χ1v) is 5.80. The summed E-state index contributed by atoms with van der Waals surface area (Å²) in [5.41, 5.74) is 4.12. The van der Waals surface area contributed by atoms with Crippen molar-refractivity contribution in [2.24, 2.45) is 11.1 Å². The van der Waals surface area contributed by atoms with Crippen molar-refractivity contribution in [3.8, 4) is 0 Å². The number of nitrogens with two attached hydrogens (primary N) is 1. The Kier molecular flexibility index (Phi) is 2.94. The fourth-order valence-electron chi connectivity index (χ4n) is 3.77. The van der Waals surface area contributed by atoms with E-state index in [1.165, 1.54) is 0 Å². The van der Waals surface area contributed by atoms with Crippen LogP contribution in [-0.4, -0.2) is 42.0 Å². The van der Waals surface area contributed by atoms with E-state index in [-0.39, 0.29) is 18.0 Å². The molecule has 1 aliphatic carbocycles. The number of carboxylic acid groups (broad SMARTS) is 1. The lowest BCUT2D eigenvalue weighted by Gasteiger charge is -2.45. The molecule has 17 heavy (non-hydrogen) atoms. The molecular formula is C11H18ClNO4. The molecule has 0 aromatic heterocycles. The zero-order valence-corrected chi connectivity index (χ0v) is 10.4. The fraction of sp³-hybridized carbons (Fsp3) is 0.909. The first-order valence-electron chi connectivity index (χ1n) is 5.80. The molecule has 3 saturated heterocycles. The molecule has 3 N–H and O–H groups in total. The summed E-state index contributed by atoms with van der Waals surface area (Å²) in [7, 11) is 0. The summed E-state index contributed by atoms with van der Waals surface area (Å²) in [5, 5.41) is 9.48. The van der Waals surface area contributed by atoms with Crippen molar-refractivity contribution in [1.29, 1.82) is 0 Å². The van der Waals surface area contributed by atoms with E-state index in [2.05, 4.69) is 0 Å². The van der Waals surface area contributed by atoms with Gasteiger partial charge in [0.05, 0.1) is 11.2 Å². The minimum absolute atomic E-state index is 0. The third kappa shape index (κ3) is 1.40. The largest absolute Gasteiger partial charge is 0.481 e. The second-order valence-electron chi connectivity index (χ2n) is 5.34. The molecule has 2 bridgehead atoms. The van der Waals surface area contributed by atoms with Gasteiger partial charge >= 0.3 is 5.97 Å². The predicted molar refractivity (Wildman–Crippen MR) is 62.2 cm³/mol. The molecule has 6 heteroatoms. The number of aliphatic carboxylic acids is 1. The van der Waals surface area contributed by atoms with Crippen molar-refractivity contribution in [2.45, 2.75) is 36.9 Å². The molecule has 5 nitrogen and oxygen atoms in total. The number of halogens is 1. The van der Waals surface area contributed by atoms with Crippen molar-refractivity contribution >= 4 is 18.4 Å². The molecule has 4 aliphatic rings. The van der Waals surface area contributed by atoms with E-state index in [9.17, 15) is 9.90 Å². The summed E-state index contributed by atoms with van der Waals surface area (Å²) in [6.45, 7) is 1.61. The van der Waals surface area contributed by atoms with Crippen molar-refractivity contribution in [3.63, 3.8) is 0 Å². The minimum Gasteiger partial charge on any atom is -0.481 e. The predicted octanol–water partition coefficient (Wildman–Crippen LogP) is 0.550. The van der Waals surface area contributed by atoms with Crippen LogP contribution in [0, 0.1) is 5.41 Å². The maximum atomic E-state index is 11.5. The van der Waals surface area contributed by atoms with E-state index in [1.807, 2.05) is 0 Å². The highest BCUT2D eigenvalue weighted by molar-refractivity contribution is 5.85. The van der Waals surface area contributed by atoms with Crippen LogP contribution < -0.4 is 5.73 Å². The molecule has 0 atom stereocenters. The van der Waals surface area contributed by atoms with Gasteiger partial charge in [-0.15, -0.1) is 12.4 Å². The molecule has 0 radical (unpaired) electrons. The van der Waals surface area contributed by atoms with Crippen molar-refractivity contribution in [2.75, 3.05) is 19.8 Å². The van der Waals surface area contributed by atoms with Gasteiger partial charge in [0.15, 0.2) is 0 Å². The first kappa shape index (κ1) is 13.1. The van der Waals surface area contributed by atoms with Gasteiger partial charge in [0.2, 0.25) is 0 Å². The SMILES string of the molecule is Cl.NCC12CC(C(=O)O)(C1)C1(CCOCC1)O2. The molecular weight excluding hydrogens is 246 g/mol. The maximum absolute atomic E-state index is 11.5. The third-order valence-electron chi connectivity index (χ3n) is 4.61. The number of carbonyl (C=O) groups is 1. The van der Waals surface area contributed by atoms with Crippen LogP contribution in [0.25, 0.3) is 0 Å². The van der Waals surface area contributed by atoms with Crippen LogP contribution in [-0.2, 0) is 14.3 Å². The summed E-state index contributed by atoms with van der Waals surface area (Å²) in [6.07, 6.45) is 2.51. The van der Waals surface area contributed by atoms with Crippen molar-refractivity contribution in [3.05, 3.63) is 0 Å². The fourth-order valence-corrected chi connectivity index (χ4v) is 3.77. The average molecular weight is 264 g/mol. The van der Waals surface area contributed by atoms with Crippen LogP contribution in [0.15, 0.2) is 0 Å². The van der Waals surface area contributed by atoms with Crippen LogP contribution in [0.4, 0.5) is 0 Å². The van der Waals surface area contributed by atoms with Gasteiger partial charge in [-0.05, 0) is 12.8 Å². The summed E-state index contributed by atoms with van der Waals surface area (Å²) < 4.78 is 11.4. The summed E-state index contributed by atoms with van der Waals surface area (Å²) in [6, 6.07) is 0. The highest BCUT2D eigenvalue weighted by Gasteiger charge is 2.77. The molecule has 4 fully saturated rings. The average Bonchev–Trinajstić information content (AvgIpc) is 2.64. The molecule has 1 saturated carbocycles. The molecule has 98 valence electrons. The number of rotatable bonds is 2. The molecule has 0 unspecified atom stereocenters. The Bertz CT molecular complexity index is 334. The standard InChI is InChI=1S/C11H17NO4.ClH/c12-7-9-5-10(6-9,8(13)14)11(16-9)1-3-15-4-2-11;/h1-7,12H2,(H,13,14);1H. The van der Waals surface area contributed by atoms with Crippen LogP contribution in [0.5, 0.6) is 0 Å². The Labute approximate surface area is 106 Å². The van der Waals surface area contributed by atoms with E-state index in [0.29, 0.717) is 45.4 Å². The zero-order valence-electron chi connectivity index (χ0n) is 9.61. The Morgan fingerprint density at radius 2 is 1.88 bits per heavy atom. The van der Waals surface area contributed by atoms with Crippen molar-refractivity contribution in [1.82, 2.24) is 0 Å². The lowest BCUT2D eigenvalue weighted by molar-refractivity contribution is -0.163. The topological polar surface area (TPSA) is 81.8 Å². The Balaban J connectivity index is 0.00000108. The second-order valence-corrected chi connectivity index (χ2v) is 5.34. The van der Waals surface area contributed by atoms with Gasteiger partial charge in [-0.1, -0.05) is 0 Å². The first-order chi connectivity index (χ1) is 7.58. The van der Waals surface area contributed by atoms with Gasteiger partial charge in [0, 0.05) is 32.6 Å². The van der Waals surface area contributed by atoms with Crippen LogP contribution >= 0.6 is 12.4 Å². The normalized spacial score (nSPS) is 41.7. The Hall–Kier alpha value is -0.360. The molecule has 4 rings (SSSR count). The van der Waals surface area contributed by atoms with Gasteiger partial charge in [0.25, 0.3) is 0 Å². The van der Waals surface area contributed by atoms with E-state index in [0.717, 1.165) is 0 Å². The molecule has 0 aromatic rings.